The van der Waals surface area contributed by atoms with Crippen LogP contribution in [0.1, 0.15) is 249 Å². The van der Waals surface area contributed by atoms with Crippen molar-refractivity contribution in [3.8, 4) is 0 Å². The molecule has 0 aliphatic heterocycles. The minimum absolute atomic E-state index is 0.0298. The van der Waals surface area contributed by atoms with Crippen molar-refractivity contribution in [1.82, 2.24) is 0 Å². The smallest absolute Gasteiger partial charge is 0.143 e. The van der Waals surface area contributed by atoms with Gasteiger partial charge in [0.2, 0.25) is 0 Å². The maximum absolute atomic E-state index is 9.36. The van der Waals surface area contributed by atoms with Gasteiger partial charge in [0, 0.05) is 26.4 Å². The molecule has 3 N–H and O–H groups in total. The molecule has 3 rings (SSSR count). The van der Waals surface area contributed by atoms with Crippen LogP contribution in [0.5, 0.6) is 0 Å². The number of unbranched alkanes of at least 4 members (excludes halogenated alkanes) is 29. The monoisotopic (exact) mass is 1070 g/mol. The van der Waals surface area contributed by atoms with Gasteiger partial charge in [0.05, 0.1) is 39.1 Å². The van der Waals surface area contributed by atoms with Gasteiger partial charge in [-0.25, -0.2) is 0 Å². The highest BCUT2D eigenvalue weighted by molar-refractivity contribution is 5.47. The highest BCUT2D eigenvalue weighted by Crippen LogP contribution is 2.40. The third-order valence-electron chi connectivity index (χ3n) is 14.8. The number of rotatable bonds is 54. The van der Waals surface area contributed by atoms with Crippen LogP contribution in [0.2, 0.25) is 0 Å². The number of benzene rings is 3. The van der Waals surface area contributed by atoms with E-state index in [0.29, 0.717) is 39.5 Å². The Hall–Kier alpha value is -2.92. The van der Waals surface area contributed by atoms with Crippen molar-refractivity contribution in [2.24, 2.45) is 0 Å². The van der Waals surface area contributed by atoms with Crippen LogP contribution >= 0.6 is 0 Å². The third-order valence-corrected chi connectivity index (χ3v) is 14.8. The van der Waals surface area contributed by atoms with E-state index in [0.717, 1.165) is 74.8 Å². The zero-order chi connectivity index (χ0) is 55.2. The lowest BCUT2D eigenvalue weighted by Crippen LogP contribution is -2.37. The number of ether oxygens (including phenoxy) is 5. The largest absolute Gasteiger partial charge is 0.394 e. The van der Waals surface area contributed by atoms with E-state index in [-0.39, 0.29) is 25.4 Å². The average Bonchev–Trinajstić information content (AvgIpc) is 3.47. The van der Waals surface area contributed by atoms with Crippen molar-refractivity contribution in [3.05, 3.63) is 120 Å². The Kier molecular flexibility index (Phi) is 47.8. The SMILES string of the molecule is C=CCCCCOC(COCCCCCCCCCCCCCCCC)COC(c1ccccc1)(c1ccccc1)c1ccccc1.CCCCCCCCCCCCCCCCOCC(CO)OCCCCC(O)CO. The molecule has 0 bridgehead atoms. The van der Waals surface area contributed by atoms with Crippen LogP contribution in [0.3, 0.4) is 0 Å². The predicted octanol–water partition coefficient (Wildman–Crippen LogP) is 17.6. The fourth-order valence-electron chi connectivity index (χ4n) is 9.98. The quantitative estimate of drug-likeness (QED) is 0.0292. The first-order valence-corrected chi connectivity index (χ1v) is 31.7. The Morgan fingerprint density at radius 3 is 1.10 bits per heavy atom. The van der Waals surface area contributed by atoms with Crippen molar-refractivity contribution in [1.29, 1.82) is 0 Å². The summed E-state index contributed by atoms with van der Waals surface area (Å²) < 4.78 is 31.0. The van der Waals surface area contributed by atoms with E-state index in [1.54, 1.807) is 0 Å². The number of hydrogen-bond acceptors (Lipinski definition) is 8. The topological polar surface area (TPSA) is 107 Å². The molecule has 0 saturated heterocycles. The molecule has 0 heterocycles. The molecule has 0 spiro atoms. The second kappa shape index (κ2) is 52.5. The molecule has 8 heteroatoms. The Bertz CT molecular complexity index is 1550. The molecule has 0 radical (unpaired) electrons. The highest BCUT2D eigenvalue weighted by Gasteiger charge is 2.38. The van der Waals surface area contributed by atoms with E-state index < -0.39 is 11.7 Å². The van der Waals surface area contributed by atoms with Crippen molar-refractivity contribution in [2.45, 2.75) is 256 Å². The van der Waals surface area contributed by atoms with E-state index in [4.69, 9.17) is 28.8 Å². The third kappa shape index (κ3) is 36.9. The van der Waals surface area contributed by atoms with E-state index in [2.05, 4.69) is 111 Å². The Labute approximate surface area is 472 Å². The zero-order valence-electron chi connectivity index (χ0n) is 49.5. The summed E-state index contributed by atoms with van der Waals surface area (Å²) in [5.41, 5.74) is 2.55. The molecule has 77 heavy (non-hydrogen) atoms. The molecule has 3 unspecified atom stereocenters. The van der Waals surface area contributed by atoms with Crippen molar-refractivity contribution < 1.29 is 39.0 Å². The van der Waals surface area contributed by atoms with E-state index >= 15 is 0 Å². The van der Waals surface area contributed by atoms with Crippen LogP contribution in [0.15, 0.2) is 104 Å². The minimum atomic E-state index is -0.761. The molecule has 3 aromatic carbocycles. The molecule has 0 aromatic heterocycles. The lowest BCUT2D eigenvalue weighted by atomic mass is 9.80. The zero-order valence-corrected chi connectivity index (χ0v) is 49.5. The fourth-order valence-corrected chi connectivity index (χ4v) is 9.98. The van der Waals surface area contributed by atoms with Crippen LogP contribution in [-0.2, 0) is 29.3 Å². The van der Waals surface area contributed by atoms with Crippen molar-refractivity contribution in [3.63, 3.8) is 0 Å². The number of aliphatic hydroxyl groups excluding tert-OH is 3. The number of hydrogen-bond donors (Lipinski definition) is 3. The van der Waals surface area contributed by atoms with Gasteiger partial charge in [-0.3, -0.25) is 0 Å². The fraction of sp³-hybridized carbons (Fsp3) is 0.710. The second-order valence-electron chi connectivity index (χ2n) is 21.7. The summed E-state index contributed by atoms with van der Waals surface area (Å²) in [4.78, 5) is 0. The average molecular weight is 1070 g/mol. The lowest BCUT2D eigenvalue weighted by molar-refractivity contribution is -0.0922. The maximum Gasteiger partial charge on any atom is 0.143 e. The number of allylic oxidation sites excluding steroid dienone is 1. The van der Waals surface area contributed by atoms with Crippen LogP contribution in [0, 0.1) is 0 Å². The minimum Gasteiger partial charge on any atom is -0.394 e. The summed E-state index contributed by atoms with van der Waals surface area (Å²) in [6.45, 7) is 12.4. The van der Waals surface area contributed by atoms with E-state index in [9.17, 15) is 10.2 Å². The van der Waals surface area contributed by atoms with Gasteiger partial charge in [-0.2, -0.15) is 0 Å². The Balaban J connectivity index is 0.000000585. The van der Waals surface area contributed by atoms with Gasteiger partial charge in [-0.1, -0.05) is 278 Å². The Morgan fingerprint density at radius 1 is 0.403 bits per heavy atom. The normalized spacial score (nSPS) is 12.8. The van der Waals surface area contributed by atoms with Crippen LogP contribution in [-0.4, -0.2) is 93.1 Å². The molecule has 0 aliphatic rings. The summed E-state index contributed by atoms with van der Waals surface area (Å²) in [5.74, 6) is 0. The molecule has 0 amide bonds. The molecule has 8 nitrogen and oxygen atoms in total. The van der Waals surface area contributed by atoms with E-state index in [1.165, 1.54) is 167 Å². The van der Waals surface area contributed by atoms with Crippen LogP contribution in [0.4, 0.5) is 0 Å². The lowest BCUT2D eigenvalue weighted by Gasteiger charge is -2.37. The summed E-state index contributed by atoms with van der Waals surface area (Å²) >= 11 is 0. The van der Waals surface area contributed by atoms with E-state index in [1.807, 2.05) is 6.08 Å². The van der Waals surface area contributed by atoms with Gasteiger partial charge < -0.3 is 39.0 Å². The summed E-state index contributed by atoms with van der Waals surface area (Å²) in [7, 11) is 0. The molecular weight excluding hydrogens is 957 g/mol. The molecule has 0 aliphatic carbocycles. The maximum atomic E-state index is 9.36. The van der Waals surface area contributed by atoms with Crippen LogP contribution < -0.4 is 0 Å². The molecule has 0 fully saturated rings. The number of aliphatic hydroxyl groups is 3. The van der Waals surface area contributed by atoms with Crippen molar-refractivity contribution in [2.75, 3.05) is 59.5 Å². The van der Waals surface area contributed by atoms with Gasteiger partial charge in [-0.05, 0) is 68.1 Å². The van der Waals surface area contributed by atoms with Crippen LogP contribution in [0.25, 0.3) is 0 Å². The molecule has 3 aromatic rings. The molecule has 0 saturated carbocycles. The first-order chi connectivity index (χ1) is 38.0. The summed E-state index contributed by atoms with van der Waals surface area (Å²) in [6.07, 6.45) is 44.2. The second-order valence-corrected chi connectivity index (χ2v) is 21.7. The first-order valence-electron chi connectivity index (χ1n) is 31.7. The van der Waals surface area contributed by atoms with Crippen molar-refractivity contribution >= 4 is 0 Å². The van der Waals surface area contributed by atoms with Gasteiger partial charge in [0.25, 0.3) is 0 Å². The standard InChI is InChI=1S/C44H64O3.C25H52O5/c1-3-5-7-9-10-11-12-13-14-15-16-17-18-28-36-45-38-43(46-37-29-8-6-4-2)39-47-44(40-30-22-19-23-31-40,41-32-24-20-25-33-41)42-34-26-21-27-35-42;1-2-3-4-5-6-7-8-9-10-11-12-13-14-16-19-29-23-25(22-27)30-20-17-15-18-24(28)21-26/h4,19-27,30-35,43H,2-3,5-18,28-29,36-39H2,1H3;24-28H,2-23H2,1H3. The molecular formula is C69H116O8. The van der Waals surface area contributed by atoms with Gasteiger partial charge >= 0.3 is 0 Å². The predicted molar refractivity (Wildman–Crippen MR) is 325 cm³/mol. The highest BCUT2D eigenvalue weighted by atomic mass is 16.6. The van der Waals surface area contributed by atoms with Gasteiger partial charge in [-0.15, -0.1) is 6.58 Å². The first kappa shape index (κ1) is 70.2. The summed E-state index contributed by atoms with van der Waals surface area (Å²) in [6, 6.07) is 31.7. The van der Waals surface area contributed by atoms with Gasteiger partial charge in [0.15, 0.2) is 0 Å². The Morgan fingerprint density at radius 2 is 0.740 bits per heavy atom. The molecule has 3 atom stereocenters. The molecule has 440 valence electrons. The van der Waals surface area contributed by atoms with Gasteiger partial charge in [0.1, 0.15) is 17.8 Å². The summed E-state index contributed by atoms with van der Waals surface area (Å²) in [5, 5.41) is 27.4.